The number of carbonyl (C=O) groups is 1. The van der Waals surface area contributed by atoms with Gasteiger partial charge in [0.05, 0.1) is 5.75 Å². The fourth-order valence-corrected chi connectivity index (χ4v) is 3.20. The van der Waals surface area contributed by atoms with Crippen LogP contribution in [0.25, 0.3) is 0 Å². The van der Waals surface area contributed by atoms with Crippen LogP contribution < -0.4 is 10.0 Å². The lowest BCUT2D eigenvalue weighted by molar-refractivity contribution is 0.0954. The van der Waals surface area contributed by atoms with E-state index in [-0.39, 0.29) is 24.7 Å². The summed E-state index contributed by atoms with van der Waals surface area (Å²) < 4.78 is 26.3. The third kappa shape index (κ3) is 6.02. The molecule has 0 fully saturated rings. The molecular formula is C16H17ClN2O3S. The summed E-state index contributed by atoms with van der Waals surface area (Å²) in [6.07, 6.45) is 0. The molecule has 0 spiro atoms. The van der Waals surface area contributed by atoms with Crippen LogP contribution in [0.1, 0.15) is 15.9 Å². The van der Waals surface area contributed by atoms with E-state index in [0.717, 1.165) is 0 Å². The lowest BCUT2D eigenvalue weighted by Crippen LogP contribution is -2.35. The highest BCUT2D eigenvalue weighted by molar-refractivity contribution is 7.88. The Kier molecular flexibility index (Phi) is 6.15. The molecule has 2 aromatic rings. The van der Waals surface area contributed by atoms with Crippen LogP contribution in [-0.4, -0.2) is 27.4 Å². The highest BCUT2D eigenvalue weighted by Gasteiger charge is 2.11. The number of hydrogen-bond acceptors (Lipinski definition) is 3. The van der Waals surface area contributed by atoms with Crippen molar-refractivity contribution < 1.29 is 13.2 Å². The molecule has 122 valence electrons. The molecule has 0 radical (unpaired) electrons. The highest BCUT2D eigenvalue weighted by atomic mass is 35.5. The van der Waals surface area contributed by atoms with Gasteiger partial charge in [-0.25, -0.2) is 13.1 Å². The Hall–Kier alpha value is -1.89. The van der Waals surface area contributed by atoms with Crippen molar-refractivity contribution in [2.75, 3.05) is 13.1 Å². The zero-order valence-corrected chi connectivity index (χ0v) is 13.9. The zero-order valence-electron chi connectivity index (χ0n) is 12.3. The molecule has 2 aromatic carbocycles. The maximum Gasteiger partial charge on any atom is 0.251 e. The van der Waals surface area contributed by atoms with Crippen molar-refractivity contribution in [3.63, 3.8) is 0 Å². The standard InChI is InChI=1S/C16H17ClN2O3S/c17-15-8-6-13(7-9-15)12-23(21,22)19-11-10-18-16(20)14-4-2-1-3-5-14/h1-9,19H,10-12H2,(H,18,20). The van der Waals surface area contributed by atoms with Crippen molar-refractivity contribution in [1.29, 1.82) is 0 Å². The van der Waals surface area contributed by atoms with Crippen LogP contribution in [0.15, 0.2) is 54.6 Å². The fourth-order valence-electron chi connectivity index (χ4n) is 1.93. The van der Waals surface area contributed by atoms with E-state index in [0.29, 0.717) is 16.1 Å². The van der Waals surface area contributed by atoms with Gasteiger partial charge in [0.2, 0.25) is 10.0 Å². The van der Waals surface area contributed by atoms with E-state index in [1.165, 1.54) is 0 Å². The number of halogens is 1. The van der Waals surface area contributed by atoms with Gasteiger partial charge in [-0.15, -0.1) is 0 Å². The van der Waals surface area contributed by atoms with Crippen LogP contribution in [0, 0.1) is 0 Å². The highest BCUT2D eigenvalue weighted by Crippen LogP contribution is 2.11. The van der Waals surface area contributed by atoms with E-state index in [4.69, 9.17) is 11.6 Å². The molecule has 0 aliphatic heterocycles. The van der Waals surface area contributed by atoms with E-state index in [1.54, 1.807) is 48.5 Å². The molecule has 0 atom stereocenters. The van der Waals surface area contributed by atoms with Crippen LogP contribution in [0.3, 0.4) is 0 Å². The molecule has 7 heteroatoms. The smallest absolute Gasteiger partial charge is 0.251 e. The average Bonchev–Trinajstić information content (AvgIpc) is 2.54. The number of sulfonamides is 1. The maximum atomic E-state index is 11.9. The Morgan fingerprint density at radius 2 is 1.61 bits per heavy atom. The Labute approximate surface area is 140 Å². The third-order valence-corrected chi connectivity index (χ3v) is 4.65. The quantitative estimate of drug-likeness (QED) is 0.750. The number of benzene rings is 2. The van der Waals surface area contributed by atoms with E-state index >= 15 is 0 Å². The Bertz CT molecular complexity index is 747. The van der Waals surface area contributed by atoms with E-state index in [1.807, 2.05) is 6.07 Å². The molecule has 5 nitrogen and oxygen atoms in total. The summed E-state index contributed by atoms with van der Waals surface area (Å²) in [5.41, 5.74) is 1.19. The van der Waals surface area contributed by atoms with Crippen molar-refractivity contribution in [1.82, 2.24) is 10.0 Å². The Morgan fingerprint density at radius 1 is 0.957 bits per heavy atom. The average molecular weight is 353 g/mol. The Morgan fingerprint density at radius 3 is 2.26 bits per heavy atom. The first kappa shape index (κ1) is 17.5. The summed E-state index contributed by atoms with van der Waals surface area (Å²) in [5.74, 6) is -0.362. The number of hydrogen-bond donors (Lipinski definition) is 2. The molecule has 2 rings (SSSR count). The van der Waals surface area contributed by atoms with Gasteiger partial charge in [-0.1, -0.05) is 41.9 Å². The van der Waals surface area contributed by atoms with E-state index in [2.05, 4.69) is 10.0 Å². The first-order chi connectivity index (χ1) is 11.0. The van der Waals surface area contributed by atoms with Gasteiger partial charge < -0.3 is 5.32 Å². The molecule has 0 aromatic heterocycles. The van der Waals surface area contributed by atoms with Gasteiger partial charge in [0.15, 0.2) is 0 Å². The minimum absolute atomic E-state index is 0.128. The van der Waals surface area contributed by atoms with Gasteiger partial charge >= 0.3 is 0 Å². The molecular weight excluding hydrogens is 336 g/mol. The van der Waals surface area contributed by atoms with Gasteiger partial charge in [-0.3, -0.25) is 4.79 Å². The summed E-state index contributed by atoms with van der Waals surface area (Å²) in [6.45, 7) is 0.349. The molecule has 1 amide bonds. The molecule has 0 unspecified atom stereocenters. The number of amides is 1. The lowest BCUT2D eigenvalue weighted by atomic mass is 10.2. The second-order valence-corrected chi connectivity index (χ2v) is 7.15. The van der Waals surface area contributed by atoms with Gasteiger partial charge in [0.25, 0.3) is 5.91 Å². The van der Waals surface area contributed by atoms with Crippen molar-refractivity contribution in [2.24, 2.45) is 0 Å². The minimum atomic E-state index is -3.45. The second-order valence-electron chi connectivity index (χ2n) is 4.90. The van der Waals surface area contributed by atoms with Crippen molar-refractivity contribution >= 4 is 27.5 Å². The summed E-state index contributed by atoms with van der Waals surface area (Å²) >= 11 is 5.76. The maximum absolute atomic E-state index is 11.9. The summed E-state index contributed by atoms with van der Waals surface area (Å²) in [6, 6.07) is 15.4. The Balaban J connectivity index is 1.76. The molecule has 0 heterocycles. The minimum Gasteiger partial charge on any atom is -0.351 e. The van der Waals surface area contributed by atoms with Crippen molar-refractivity contribution in [2.45, 2.75) is 5.75 Å². The van der Waals surface area contributed by atoms with Crippen LogP contribution in [0.4, 0.5) is 0 Å². The molecule has 23 heavy (non-hydrogen) atoms. The summed E-state index contributed by atoms with van der Waals surface area (Å²) in [4.78, 5) is 11.8. The van der Waals surface area contributed by atoms with Crippen LogP contribution >= 0.6 is 11.6 Å². The summed E-state index contributed by atoms with van der Waals surface area (Å²) in [5, 5.41) is 3.22. The first-order valence-electron chi connectivity index (χ1n) is 7.01. The molecule has 0 aliphatic rings. The molecule has 0 saturated heterocycles. The van der Waals surface area contributed by atoms with E-state index < -0.39 is 10.0 Å². The predicted molar refractivity (Wildman–Crippen MR) is 90.9 cm³/mol. The number of nitrogens with one attached hydrogen (secondary N) is 2. The topological polar surface area (TPSA) is 75.3 Å². The summed E-state index contributed by atoms with van der Waals surface area (Å²) in [7, 11) is -3.45. The predicted octanol–water partition coefficient (Wildman–Crippen LogP) is 2.19. The van der Waals surface area contributed by atoms with Crippen LogP contribution in [-0.2, 0) is 15.8 Å². The van der Waals surface area contributed by atoms with Gasteiger partial charge in [-0.05, 0) is 29.8 Å². The van der Waals surface area contributed by atoms with Crippen LogP contribution in [0.2, 0.25) is 5.02 Å². The monoisotopic (exact) mass is 352 g/mol. The van der Waals surface area contributed by atoms with Gasteiger partial charge in [-0.2, -0.15) is 0 Å². The van der Waals surface area contributed by atoms with Crippen molar-refractivity contribution in [3.8, 4) is 0 Å². The van der Waals surface area contributed by atoms with Gasteiger partial charge in [0, 0.05) is 23.7 Å². The number of carbonyl (C=O) groups excluding carboxylic acids is 1. The van der Waals surface area contributed by atoms with E-state index in [9.17, 15) is 13.2 Å². The fraction of sp³-hybridized carbons (Fsp3) is 0.188. The third-order valence-electron chi connectivity index (χ3n) is 3.04. The molecule has 0 bridgehead atoms. The molecule has 2 N–H and O–H groups in total. The zero-order chi connectivity index (χ0) is 16.7. The lowest BCUT2D eigenvalue weighted by Gasteiger charge is -2.08. The van der Waals surface area contributed by atoms with Crippen molar-refractivity contribution in [3.05, 3.63) is 70.7 Å². The second kappa shape index (κ2) is 8.10. The normalized spacial score (nSPS) is 11.2. The largest absolute Gasteiger partial charge is 0.351 e. The first-order valence-corrected chi connectivity index (χ1v) is 9.04. The van der Waals surface area contributed by atoms with Gasteiger partial charge in [0.1, 0.15) is 0 Å². The molecule has 0 saturated carbocycles. The van der Waals surface area contributed by atoms with Crippen LogP contribution in [0.5, 0.6) is 0 Å². The SMILES string of the molecule is O=C(NCCNS(=O)(=O)Cc1ccc(Cl)cc1)c1ccccc1. The molecule has 0 aliphatic carbocycles. The number of rotatable bonds is 7.